The van der Waals surface area contributed by atoms with E-state index in [0.717, 1.165) is 19.4 Å². The van der Waals surface area contributed by atoms with E-state index >= 15 is 0 Å². The Morgan fingerprint density at radius 1 is 1.38 bits per heavy atom. The van der Waals surface area contributed by atoms with Crippen molar-refractivity contribution in [3.05, 3.63) is 0 Å². The Labute approximate surface area is 79.5 Å². The molecule has 0 saturated heterocycles. The van der Waals surface area contributed by atoms with Crippen LogP contribution < -0.4 is 0 Å². The maximum Gasteiger partial charge on any atom is 0.241 e. The van der Waals surface area contributed by atoms with E-state index in [2.05, 4.69) is 6.92 Å². The number of likely N-dealkylation sites (N-methyl/N-ethyl adjacent to an activating group) is 2. The maximum atomic E-state index is 11.3. The Hall–Kier alpha value is -1.06. The zero-order chi connectivity index (χ0) is 10.3. The minimum absolute atomic E-state index is 0.0111. The molecule has 0 fully saturated rings. The SMILES string of the molecule is CCCCN(C)C(=O)CN(C)C=O. The summed E-state index contributed by atoms with van der Waals surface area (Å²) in [6.45, 7) is 3.02. The summed E-state index contributed by atoms with van der Waals surface area (Å²) in [5.41, 5.74) is 0. The first kappa shape index (κ1) is 11.9. The summed E-state index contributed by atoms with van der Waals surface area (Å²) in [4.78, 5) is 24.6. The van der Waals surface area contributed by atoms with E-state index in [-0.39, 0.29) is 12.5 Å². The molecule has 0 spiro atoms. The van der Waals surface area contributed by atoms with Gasteiger partial charge in [-0.05, 0) is 6.42 Å². The first-order chi connectivity index (χ1) is 6.11. The molecule has 0 rings (SSSR count). The predicted molar refractivity (Wildman–Crippen MR) is 51.2 cm³/mol. The van der Waals surface area contributed by atoms with E-state index in [4.69, 9.17) is 0 Å². The molecule has 2 amide bonds. The van der Waals surface area contributed by atoms with Crippen LogP contribution in [0.5, 0.6) is 0 Å². The lowest BCUT2D eigenvalue weighted by atomic mass is 10.3. The Kier molecular flexibility index (Phi) is 5.93. The maximum absolute atomic E-state index is 11.3. The third-order valence-corrected chi connectivity index (χ3v) is 1.84. The van der Waals surface area contributed by atoms with Crippen molar-refractivity contribution in [3.8, 4) is 0 Å². The highest BCUT2D eigenvalue weighted by molar-refractivity contribution is 5.79. The van der Waals surface area contributed by atoms with Crippen LogP contribution in [0.4, 0.5) is 0 Å². The average molecular weight is 186 g/mol. The summed E-state index contributed by atoms with van der Waals surface area (Å²) in [6, 6.07) is 0. The van der Waals surface area contributed by atoms with Crippen LogP contribution >= 0.6 is 0 Å². The molecule has 0 N–H and O–H groups in total. The second kappa shape index (κ2) is 6.46. The van der Waals surface area contributed by atoms with Gasteiger partial charge >= 0.3 is 0 Å². The van der Waals surface area contributed by atoms with Gasteiger partial charge in [-0.25, -0.2) is 0 Å². The monoisotopic (exact) mass is 186 g/mol. The molecule has 0 heterocycles. The molecule has 0 saturated carbocycles. The largest absolute Gasteiger partial charge is 0.344 e. The van der Waals surface area contributed by atoms with Gasteiger partial charge in [0, 0.05) is 20.6 Å². The van der Waals surface area contributed by atoms with Crippen LogP contribution in [0.15, 0.2) is 0 Å². The summed E-state index contributed by atoms with van der Waals surface area (Å²) in [5, 5.41) is 0. The van der Waals surface area contributed by atoms with Crippen LogP contribution in [0, 0.1) is 0 Å². The Morgan fingerprint density at radius 2 is 2.00 bits per heavy atom. The number of rotatable bonds is 6. The summed E-state index contributed by atoms with van der Waals surface area (Å²) >= 11 is 0. The molecule has 0 aliphatic rings. The van der Waals surface area contributed by atoms with E-state index in [1.54, 1.807) is 19.0 Å². The fourth-order valence-corrected chi connectivity index (χ4v) is 0.891. The van der Waals surface area contributed by atoms with Gasteiger partial charge in [-0.15, -0.1) is 0 Å². The van der Waals surface area contributed by atoms with Crippen molar-refractivity contribution >= 4 is 12.3 Å². The van der Waals surface area contributed by atoms with Crippen molar-refractivity contribution in [2.45, 2.75) is 19.8 Å². The number of carbonyl (C=O) groups is 2. The summed E-state index contributed by atoms with van der Waals surface area (Å²) in [7, 11) is 3.36. The van der Waals surface area contributed by atoms with Crippen LogP contribution in [-0.2, 0) is 9.59 Å². The van der Waals surface area contributed by atoms with Gasteiger partial charge in [-0.2, -0.15) is 0 Å². The predicted octanol–water partition coefficient (Wildman–Crippen LogP) is 0.333. The van der Waals surface area contributed by atoms with Crippen molar-refractivity contribution < 1.29 is 9.59 Å². The highest BCUT2D eigenvalue weighted by Crippen LogP contribution is 1.93. The summed E-state index contributed by atoms with van der Waals surface area (Å²) in [6.07, 6.45) is 2.74. The second-order valence-electron chi connectivity index (χ2n) is 3.19. The molecule has 0 aliphatic heterocycles. The highest BCUT2D eigenvalue weighted by atomic mass is 16.2. The molecule has 76 valence electrons. The van der Waals surface area contributed by atoms with Gasteiger partial charge in [0.25, 0.3) is 0 Å². The summed E-state index contributed by atoms with van der Waals surface area (Å²) < 4.78 is 0. The number of unbranched alkanes of at least 4 members (excludes halogenated alkanes) is 1. The van der Waals surface area contributed by atoms with Crippen molar-refractivity contribution in [1.29, 1.82) is 0 Å². The fraction of sp³-hybridized carbons (Fsp3) is 0.778. The van der Waals surface area contributed by atoms with Crippen molar-refractivity contribution in [3.63, 3.8) is 0 Å². The van der Waals surface area contributed by atoms with Crippen LogP contribution in [0.2, 0.25) is 0 Å². The molecule has 4 nitrogen and oxygen atoms in total. The number of nitrogens with zero attached hydrogens (tertiary/aromatic N) is 2. The van der Waals surface area contributed by atoms with E-state index in [1.807, 2.05) is 0 Å². The van der Waals surface area contributed by atoms with Gasteiger partial charge in [-0.3, -0.25) is 9.59 Å². The zero-order valence-corrected chi connectivity index (χ0v) is 8.62. The minimum Gasteiger partial charge on any atom is -0.344 e. The average Bonchev–Trinajstić information content (AvgIpc) is 2.13. The van der Waals surface area contributed by atoms with Crippen molar-refractivity contribution in [2.75, 3.05) is 27.2 Å². The number of carbonyl (C=O) groups excluding carboxylic acids is 2. The van der Waals surface area contributed by atoms with Crippen molar-refractivity contribution in [2.24, 2.45) is 0 Å². The van der Waals surface area contributed by atoms with Gasteiger partial charge in [0.2, 0.25) is 12.3 Å². The van der Waals surface area contributed by atoms with Crippen LogP contribution in [0.3, 0.4) is 0 Å². The van der Waals surface area contributed by atoms with Crippen LogP contribution in [0.25, 0.3) is 0 Å². The lowest BCUT2D eigenvalue weighted by molar-refractivity contribution is -0.133. The standard InChI is InChI=1S/C9H18N2O2/c1-4-5-6-11(3)9(13)7-10(2)8-12/h8H,4-7H2,1-3H3. The molecular weight excluding hydrogens is 168 g/mol. The Morgan fingerprint density at radius 3 is 2.46 bits per heavy atom. The first-order valence-corrected chi connectivity index (χ1v) is 4.51. The number of hydrogen-bond acceptors (Lipinski definition) is 2. The van der Waals surface area contributed by atoms with Gasteiger partial charge in [0.15, 0.2) is 0 Å². The van der Waals surface area contributed by atoms with Gasteiger partial charge in [-0.1, -0.05) is 13.3 Å². The normalized spacial score (nSPS) is 9.46. The summed E-state index contributed by atoms with van der Waals surface area (Å²) in [5.74, 6) is -0.0111. The molecule has 0 aromatic carbocycles. The molecule has 0 bridgehead atoms. The molecule has 0 atom stereocenters. The second-order valence-corrected chi connectivity index (χ2v) is 3.19. The van der Waals surface area contributed by atoms with E-state index in [1.165, 1.54) is 4.90 Å². The lowest BCUT2D eigenvalue weighted by Gasteiger charge is -2.19. The quantitative estimate of drug-likeness (QED) is 0.561. The van der Waals surface area contributed by atoms with Gasteiger partial charge < -0.3 is 9.80 Å². The molecule has 13 heavy (non-hydrogen) atoms. The molecule has 0 aromatic rings. The Bertz CT molecular complexity index is 171. The molecule has 0 unspecified atom stereocenters. The smallest absolute Gasteiger partial charge is 0.241 e. The van der Waals surface area contributed by atoms with Crippen LogP contribution in [0.1, 0.15) is 19.8 Å². The topological polar surface area (TPSA) is 40.6 Å². The molecule has 0 radical (unpaired) electrons. The van der Waals surface area contributed by atoms with Crippen LogP contribution in [-0.4, -0.2) is 49.3 Å². The Balaban J connectivity index is 3.75. The molecule has 0 aliphatic carbocycles. The molecular formula is C9H18N2O2. The fourth-order valence-electron chi connectivity index (χ4n) is 0.891. The highest BCUT2D eigenvalue weighted by Gasteiger charge is 2.09. The van der Waals surface area contributed by atoms with Gasteiger partial charge in [0.05, 0.1) is 6.54 Å². The molecule has 0 aromatic heterocycles. The van der Waals surface area contributed by atoms with E-state index < -0.39 is 0 Å². The van der Waals surface area contributed by atoms with E-state index in [0.29, 0.717) is 6.41 Å². The van der Waals surface area contributed by atoms with Crippen molar-refractivity contribution in [1.82, 2.24) is 9.80 Å². The first-order valence-electron chi connectivity index (χ1n) is 4.51. The molecule has 4 heteroatoms. The van der Waals surface area contributed by atoms with Gasteiger partial charge in [0.1, 0.15) is 0 Å². The lowest BCUT2D eigenvalue weighted by Crippen LogP contribution is -2.36. The number of amides is 2. The third kappa shape index (κ3) is 5.22. The van der Waals surface area contributed by atoms with E-state index in [9.17, 15) is 9.59 Å². The number of hydrogen-bond donors (Lipinski definition) is 0. The zero-order valence-electron chi connectivity index (χ0n) is 8.62. The minimum atomic E-state index is -0.0111. The third-order valence-electron chi connectivity index (χ3n) is 1.84.